The molecule has 0 amide bonds. The summed E-state index contributed by atoms with van der Waals surface area (Å²) in [6, 6.07) is 0.406. The van der Waals surface area contributed by atoms with Crippen LogP contribution in [-0.2, 0) is 5.41 Å². The highest BCUT2D eigenvalue weighted by molar-refractivity contribution is 5.50. The van der Waals surface area contributed by atoms with Gasteiger partial charge in [-0.2, -0.15) is 52.7 Å². The average Bonchev–Trinajstić information content (AvgIpc) is 2.54. The fourth-order valence-corrected chi connectivity index (χ4v) is 3.25. The number of halogens is 12. The predicted molar refractivity (Wildman–Crippen MR) is 84.0 cm³/mol. The van der Waals surface area contributed by atoms with Crippen molar-refractivity contribution < 1.29 is 62.9 Å². The first-order valence-electron chi connectivity index (χ1n) is 8.14. The lowest BCUT2D eigenvalue weighted by molar-refractivity contribution is -0.288. The van der Waals surface area contributed by atoms with Gasteiger partial charge >= 0.3 is 24.7 Å². The number of rotatable bonds is 3. The van der Waals surface area contributed by atoms with Crippen LogP contribution in [0.2, 0.25) is 0 Å². The molecule has 0 atom stereocenters. The fourth-order valence-electron chi connectivity index (χ4n) is 3.25. The summed E-state index contributed by atoms with van der Waals surface area (Å²) in [6.07, 6.45) is -25.0. The Morgan fingerprint density at radius 1 is 0.562 bits per heavy atom. The van der Waals surface area contributed by atoms with Crippen molar-refractivity contribution in [3.63, 3.8) is 0 Å². The summed E-state index contributed by atoms with van der Waals surface area (Å²) in [4.78, 5) is 0. The Morgan fingerprint density at radius 2 is 0.969 bits per heavy atom. The van der Waals surface area contributed by atoms with E-state index in [0.717, 1.165) is 0 Å². The van der Waals surface area contributed by atoms with Gasteiger partial charge in [0.25, 0.3) is 0 Å². The van der Waals surface area contributed by atoms with E-state index >= 15 is 0 Å². The molecule has 0 saturated heterocycles. The van der Waals surface area contributed by atoms with E-state index in [1.54, 1.807) is 0 Å². The van der Waals surface area contributed by atoms with E-state index in [4.69, 9.17) is 0 Å². The molecule has 0 radical (unpaired) electrons. The maximum Gasteiger partial charge on any atom is 0.411 e. The van der Waals surface area contributed by atoms with Gasteiger partial charge in [0.05, 0.1) is 0 Å². The van der Waals surface area contributed by atoms with Gasteiger partial charge in [-0.05, 0) is 35.4 Å². The largest absolute Gasteiger partial charge is 0.508 e. The quantitative estimate of drug-likeness (QED) is 0.474. The van der Waals surface area contributed by atoms with Gasteiger partial charge in [-0.1, -0.05) is 18.2 Å². The Morgan fingerprint density at radius 3 is 1.34 bits per heavy atom. The van der Waals surface area contributed by atoms with Crippen molar-refractivity contribution in [3.05, 3.63) is 59.2 Å². The molecule has 0 saturated carbocycles. The van der Waals surface area contributed by atoms with E-state index in [1.165, 1.54) is 0 Å². The van der Waals surface area contributed by atoms with Crippen molar-refractivity contribution >= 4 is 0 Å². The van der Waals surface area contributed by atoms with Crippen molar-refractivity contribution in [3.8, 4) is 11.5 Å². The van der Waals surface area contributed by atoms with E-state index in [2.05, 4.69) is 0 Å². The molecule has 2 aromatic carbocycles. The minimum Gasteiger partial charge on any atom is -0.508 e. The zero-order valence-corrected chi connectivity index (χ0v) is 15.0. The number of hydrogen-bond donors (Lipinski definition) is 2. The third-order valence-electron chi connectivity index (χ3n) is 4.58. The minimum absolute atomic E-state index is 0.0729. The number of phenolic OH excluding ortho intramolecular Hbond substituents is 2. The van der Waals surface area contributed by atoms with Gasteiger partial charge in [-0.25, -0.2) is 0 Å². The van der Waals surface area contributed by atoms with E-state index in [0.29, 0.717) is 12.1 Å². The van der Waals surface area contributed by atoms with E-state index in [-0.39, 0.29) is 24.3 Å². The highest BCUT2D eigenvalue weighted by Gasteiger charge is 2.73. The summed E-state index contributed by atoms with van der Waals surface area (Å²) in [6.45, 7) is 0. The van der Waals surface area contributed by atoms with Crippen molar-refractivity contribution in [2.24, 2.45) is 0 Å². The van der Waals surface area contributed by atoms with Crippen LogP contribution in [0.5, 0.6) is 11.5 Å². The highest BCUT2D eigenvalue weighted by atomic mass is 19.4. The first-order valence-corrected chi connectivity index (χ1v) is 8.14. The zero-order chi connectivity index (χ0) is 24.9. The second-order valence-electron chi connectivity index (χ2n) is 6.58. The van der Waals surface area contributed by atoms with Crippen LogP contribution in [0, 0.1) is 0 Å². The molecule has 0 heterocycles. The lowest BCUT2D eigenvalue weighted by Crippen LogP contribution is -2.54. The second-order valence-corrected chi connectivity index (χ2v) is 6.58. The summed E-state index contributed by atoms with van der Waals surface area (Å²) >= 11 is 0. The number of alkyl halides is 12. The Labute approximate surface area is 170 Å². The van der Waals surface area contributed by atoms with Crippen LogP contribution in [0.1, 0.15) is 22.6 Å². The van der Waals surface area contributed by atoms with Crippen molar-refractivity contribution in [1.29, 1.82) is 0 Å². The van der Waals surface area contributed by atoms with Crippen molar-refractivity contribution in [2.75, 3.05) is 0 Å². The molecule has 32 heavy (non-hydrogen) atoms. The molecule has 2 nitrogen and oxygen atoms in total. The molecule has 2 N–H and O–H groups in total. The van der Waals surface area contributed by atoms with Gasteiger partial charge in [0.2, 0.25) is 5.41 Å². The lowest BCUT2D eigenvalue weighted by Gasteiger charge is -2.39. The number of aromatic hydroxyl groups is 2. The summed E-state index contributed by atoms with van der Waals surface area (Å²) in [7, 11) is 0. The molecule has 0 fully saturated rings. The van der Waals surface area contributed by atoms with E-state index in [1.807, 2.05) is 0 Å². The molecule has 0 aliphatic rings. The smallest absolute Gasteiger partial charge is 0.411 e. The normalized spacial score (nSPS) is 14.2. The van der Waals surface area contributed by atoms with E-state index in [9.17, 15) is 62.9 Å². The summed E-state index contributed by atoms with van der Waals surface area (Å²) in [5.74, 6) is -7.13. The number of hydrogen-bond acceptors (Lipinski definition) is 2. The standard InChI is InChI=1S/C18H10F12O2/c19-15(20,21)13(16(22,23)24)11-7-9(3-6-12(11)32)14(17(25,26)27,18(28,29)30)8-1-4-10(31)5-2-8/h1-7,13,31-32H. The molecule has 14 heteroatoms. The molecule has 0 unspecified atom stereocenters. The third-order valence-corrected chi connectivity index (χ3v) is 4.58. The number of phenols is 2. The van der Waals surface area contributed by atoms with Gasteiger partial charge in [0.1, 0.15) is 11.5 Å². The van der Waals surface area contributed by atoms with Crippen LogP contribution in [0.4, 0.5) is 52.7 Å². The molecule has 0 bridgehead atoms. The van der Waals surface area contributed by atoms with Gasteiger partial charge in [-0.15, -0.1) is 0 Å². The fraction of sp³-hybridized carbons (Fsp3) is 0.333. The minimum atomic E-state index is -6.32. The zero-order valence-electron chi connectivity index (χ0n) is 15.0. The first kappa shape index (κ1) is 25.5. The Balaban J connectivity index is 3.00. The number of benzene rings is 2. The van der Waals surface area contributed by atoms with Gasteiger partial charge < -0.3 is 10.2 Å². The van der Waals surface area contributed by atoms with Crippen LogP contribution >= 0.6 is 0 Å². The monoisotopic (exact) mass is 486 g/mol. The Hall–Kier alpha value is -2.80. The molecule has 0 spiro atoms. The molecular formula is C18H10F12O2. The molecule has 178 valence electrons. The van der Waals surface area contributed by atoms with Crippen molar-refractivity contribution in [1.82, 2.24) is 0 Å². The maximum absolute atomic E-state index is 14.0. The van der Waals surface area contributed by atoms with Gasteiger partial charge in [0, 0.05) is 5.56 Å². The van der Waals surface area contributed by atoms with Crippen molar-refractivity contribution in [2.45, 2.75) is 36.0 Å². The Kier molecular flexibility index (Phi) is 6.09. The highest BCUT2D eigenvalue weighted by Crippen LogP contribution is 2.58. The Bertz CT molecular complexity index is 924. The predicted octanol–water partition coefficient (Wildman–Crippen LogP) is 6.72. The molecular weight excluding hydrogens is 476 g/mol. The summed E-state index contributed by atoms with van der Waals surface area (Å²) in [5, 5.41) is 18.7. The SMILES string of the molecule is Oc1ccc(C(c2ccc(O)c(C(C(F)(F)F)C(F)(F)F)c2)(C(F)(F)F)C(F)(F)F)cc1. The third kappa shape index (κ3) is 4.26. The van der Waals surface area contributed by atoms with Crippen LogP contribution in [-0.4, -0.2) is 34.9 Å². The topological polar surface area (TPSA) is 40.5 Å². The van der Waals surface area contributed by atoms with Crippen LogP contribution < -0.4 is 0 Å². The molecule has 0 aliphatic heterocycles. The molecule has 2 aromatic rings. The molecule has 2 rings (SSSR count). The van der Waals surface area contributed by atoms with Gasteiger partial charge in [0.15, 0.2) is 5.92 Å². The van der Waals surface area contributed by atoms with Crippen LogP contribution in [0.25, 0.3) is 0 Å². The maximum atomic E-state index is 14.0. The summed E-state index contributed by atoms with van der Waals surface area (Å²) < 4.78 is 162. The van der Waals surface area contributed by atoms with Crippen LogP contribution in [0.15, 0.2) is 42.5 Å². The molecule has 0 aromatic heterocycles. The van der Waals surface area contributed by atoms with Crippen LogP contribution in [0.3, 0.4) is 0 Å². The van der Waals surface area contributed by atoms with Gasteiger partial charge in [-0.3, -0.25) is 0 Å². The molecule has 0 aliphatic carbocycles. The first-order chi connectivity index (χ1) is 14.2. The average molecular weight is 486 g/mol. The second kappa shape index (κ2) is 7.66. The summed E-state index contributed by atoms with van der Waals surface area (Å²) in [5.41, 5.74) is -11.0. The van der Waals surface area contributed by atoms with E-state index < -0.39 is 70.3 Å². The lowest BCUT2D eigenvalue weighted by atomic mass is 9.72.